The van der Waals surface area contributed by atoms with Gasteiger partial charge in [-0.05, 0) is 24.1 Å². The SMILES string of the molecule is CCCCOCCOCCC(=O)Nc1ccc(CN)cc1. The van der Waals surface area contributed by atoms with Crippen molar-refractivity contribution in [1.82, 2.24) is 0 Å². The van der Waals surface area contributed by atoms with Gasteiger partial charge in [-0.2, -0.15) is 0 Å². The molecule has 0 radical (unpaired) electrons. The highest BCUT2D eigenvalue weighted by Crippen LogP contribution is 2.09. The van der Waals surface area contributed by atoms with Crippen molar-refractivity contribution in [3.63, 3.8) is 0 Å². The van der Waals surface area contributed by atoms with Crippen LogP contribution in [0.4, 0.5) is 5.69 Å². The molecule has 0 aromatic heterocycles. The van der Waals surface area contributed by atoms with Gasteiger partial charge in [0.25, 0.3) is 0 Å². The maximum atomic E-state index is 11.7. The van der Waals surface area contributed by atoms with Crippen molar-refractivity contribution < 1.29 is 14.3 Å². The molecule has 0 aliphatic carbocycles. The monoisotopic (exact) mass is 294 g/mol. The van der Waals surface area contributed by atoms with E-state index in [1.807, 2.05) is 24.3 Å². The average Bonchev–Trinajstić information content (AvgIpc) is 2.50. The summed E-state index contributed by atoms with van der Waals surface area (Å²) in [4.78, 5) is 11.7. The molecule has 118 valence electrons. The van der Waals surface area contributed by atoms with Gasteiger partial charge in [0.15, 0.2) is 0 Å². The van der Waals surface area contributed by atoms with Crippen LogP contribution in [0, 0.1) is 0 Å². The minimum absolute atomic E-state index is 0.0533. The number of rotatable bonds is 11. The summed E-state index contributed by atoms with van der Waals surface area (Å²) in [6.07, 6.45) is 2.55. The lowest BCUT2D eigenvalue weighted by atomic mass is 10.2. The van der Waals surface area contributed by atoms with Crippen molar-refractivity contribution >= 4 is 11.6 Å². The van der Waals surface area contributed by atoms with Gasteiger partial charge in [0, 0.05) is 18.8 Å². The Morgan fingerprint density at radius 1 is 1.10 bits per heavy atom. The van der Waals surface area contributed by atoms with Gasteiger partial charge < -0.3 is 20.5 Å². The van der Waals surface area contributed by atoms with Gasteiger partial charge in [0.2, 0.25) is 5.91 Å². The predicted molar refractivity (Wildman–Crippen MR) is 84.1 cm³/mol. The molecule has 0 aliphatic heterocycles. The molecule has 5 heteroatoms. The normalized spacial score (nSPS) is 10.6. The van der Waals surface area contributed by atoms with E-state index in [1.165, 1.54) is 0 Å². The maximum absolute atomic E-state index is 11.7. The number of carbonyl (C=O) groups is 1. The van der Waals surface area contributed by atoms with Crippen LogP contribution in [0.15, 0.2) is 24.3 Å². The van der Waals surface area contributed by atoms with Crippen LogP contribution in [0.1, 0.15) is 31.7 Å². The van der Waals surface area contributed by atoms with Crippen LogP contribution in [0.2, 0.25) is 0 Å². The second-order valence-corrected chi connectivity index (χ2v) is 4.78. The smallest absolute Gasteiger partial charge is 0.226 e. The van der Waals surface area contributed by atoms with Crippen molar-refractivity contribution in [1.29, 1.82) is 0 Å². The van der Waals surface area contributed by atoms with E-state index in [2.05, 4.69) is 12.2 Å². The summed E-state index contributed by atoms with van der Waals surface area (Å²) in [6.45, 7) is 4.93. The molecule has 5 nitrogen and oxygen atoms in total. The summed E-state index contributed by atoms with van der Waals surface area (Å²) in [5.41, 5.74) is 7.34. The second kappa shape index (κ2) is 11.3. The summed E-state index contributed by atoms with van der Waals surface area (Å²) < 4.78 is 10.7. The number of benzene rings is 1. The number of ether oxygens (including phenoxy) is 2. The molecular formula is C16H26N2O3. The van der Waals surface area contributed by atoms with Crippen LogP contribution in [-0.4, -0.2) is 32.3 Å². The lowest BCUT2D eigenvalue weighted by Gasteiger charge is -2.07. The third-order valence-electron chi connectivity index (χ3n) is 2.96. The lowest BCUT2D eigenvalue weighted by molar-refractivity contribution is -0.117. The highest BCUT2D eigenvalue weighted by molar-refractivity contribution is 5.90. The lowest BCUT2D eigenvalue weighted by Crippen LogP contribution is -2.15. The van der Waals surface area contributed by atoms with Gasteiger partial charge in [-0.15, -0.1) is 0 Å². The first-order valence-corrected chi connectivity index (χ1v) is 7.50. The highest BCUT2D eigenvalue weighted by Gasteiger charge is 2.02. The zero-order valence-electron chi connectivity index (χ0n) is 12.8. The van der Waals surface area contributed by atoms with Crippen molar-refractivity contribution in [2.45, 2.75) is 32.7 Å². The van der Waals surface area contributed by atoms with E-state index in [4.69, 9.17) is 15.2 Å². The molecule has 0 spiro atoms. The summed E-state index contributed by atoms with van der Waals surface area (Å²) in [5.74, 6) is -0.0533. The van der Waals surface area contributed by atoms with Crippen LogP contribution < -0.4 is 11.1 Å². The van der Waals surface area contributed by atoms with Crippen LogP contribution in [0.25, 0.3) is 0 Å². The predicted octanol–water partition coefficient (Wildman–Crippen LogP) is 2.31. The van der Waals surface area contributed by atoms with Crippen molar-refractivity contribution in [3.05, 3.63) is 29.8 Å². The Bertz CT molecular complexity index is 393. The zero-order valence-corrected chi connectivity index (χ0v) is 12.8. The number of nitrogens with two attached hydrogens (primary N) is 1. The number of nitrogens with one attached hydrogen (secondary N) is 1. The largest absolute Gasteiger partial charge is 0.379 e. The molecule has 0 bridgehead atoms. The number of carbonyl (C=O) groups excluding carboxylic acids is 1. The first-order valence-electron chi connectivity index (χ1n) is 7.50. The Hall–Kier alpha value is -1.43. The Labute approximate surface area is 126 Å². The van der Waals surface area contributed by atoms with Gasteiger partial charge in [0.05, 0.1) is 26.2 Å². The number of anilines is 1. The van der Waals surface area contributed by atoms with E-state index < -0.39 is 0 Å². The molecule has 1 aromatic carbocycles. The molecule has 0 saturated carbocycles. The third-order valence-corrected chi connectivity index (χ3v) is 2.96. The van der Waals surface area contributed by atoms with Gasteiger partial charge in [-0.1, -0.05) is 25.5 Å². The molecular weight excluding hydrogens is 268 g/mol. The molecule has 21 heavy (non-hydrogen) atoms. The highest BCUT2D eigenvalue weighted by atomic mass is 16.5. The number of hydrogen-bond acceptors (Lipinski definition) is 4. The van der Waals surface area contributed by atoms with E-state index >= 15 is 0 Å². The first kappa shape index (κ1) is 17.6. The average molecular weight is 294 g/mol. The molecule has 1 rings (SSSR count). The molecule has 0 atom stereocenters. The van der Waals surface area contributed by atoms with Crippen LogP contribution in [0.5, 0.6) is 0 Å². The number of amides is 1. The third kappa shape index (κ3) is 8.45. The Morgan fingerprint density at radius 3 is 2.38 bits per heavy atom. The number of hydrogen-bond donors (Lipinski definition) is 2. The summed E-state index contributed by atoms with van der Waals surface area (Å²) in [5, 5.41) is 2.82. The first-order chi connectivity index (χ1) is 10.3. The molecule has 0 heterocycles. The van der Waals surface area contributed by atoms with E-state index in [1.54, 1.807) is 0 Å². The molecule has 1 aromatic rings. The van der Waals surface area contributed by atoms with Crippen LogP contribution in [-0.2, 0) is 20.8 Å². The molecule has 0 saturated heterocycles. The maximum Gasteiger partial charge on any atom is 0.226 e. The fourth-order valence-electron chi connectivity index (χ4n) is 1.68. The van der Waals surface area contributed by atoms with E-state index in [0.717, 1.165) is 30.7 Å². The van der Waals surface area contributed by atoms with Crippen LogP contribution >= 0.6 is 0 Å². The fourth-order valence-corrected chi connectivity index (χ4v) is 1.68. The standard InChI is InChI=1S/C16H26N2O3/c1-2-3-9-20-11-12-21-10-8-16(19)18-15-6-4-14(13-17)5-7-15/h4-7H,2-3,8-13,17H2,1H3,(H,18,19). The zero-order chi connectivity index (χ0) is 15.3. The Balaban J connectivity index is 2.05. The number of unbranched alkanes of at least 4 members (excludes halogenated alkanes) is 1. The summed E-state index contributed by atoms with van der Waals surface area (Å²) in [6, 6.07) is 7.50. The van der Waals surface area contributed by atoms with E-state index in [-0.39, 0.29) is 5.91 Å². The molecule has 0 unspecified atom stereocenters. The van der Waals surface area contributed by atoms with Gasteiger partial charge >= 0.3 is 0 Å². The molecule has 1 amide bonds. The topological polar surface area (TPSA) is 73.6 Å². The fraction of sp³-hybridized carbons (Fsp3) is 0.562. The van der Waals surface area contributed by atoms with Crippen molar-refractivity contribution in [2.75, 3.05) is 31.7 Å². The summed E-state index contributed by atoms with van der Waals surface area (Å²) >= 11 is 0. The molecule has 0 fully saturated rings. The molecule has 3 N–H and O–H groups in total. The Kier molecular flexibility index (Phi) is 9.44. The van der Waals surface area contributed by atoms with E-state index in [9.17, 15) is 4.79 Å². The minimum atomic E-state index is -0.0533. The Morgan fingerprint density at radius 2 is 1.76 bits per heavy atom. The summed E-state index contributed by atoms with van der Waals surface area (Å²) in [7, 11) is 0. The van der Waals surface area contributed by atoms with Crippen LogP contribution in [0.3, 0.4) is 0 Å². The van der Waals surface area contributed by atoms with Gasteiger partial charge in [0.1, 0.15) is 0 Å². The van der Waals surface area contributed by atoms with Gasteiger partial charge in [-0.25, -0.2) is 0 Å². The minimum Gasteiger partial charge on any atom is -0.379 e. The van der Waals surface area contributed by atoms with E-state index in [0.29, 0.717) is 32.8 Å². The molecule has 0 aliphatic rings. The van der Waals surface area contributed by atoms with Crippen molar-refractivity contribution in [2.24, 2.45) is 5.73 Å². The van der Waals surface area contributed by atoms with Gasteiger partial charge in [-0.3, -0.25) is 4.79 Å². The van der Waals surface area contributed by atoms with Crippen molar-refractivity contribution in [3.8, 4) is 0 Å². The quantitative estimate of drug-likeness (QED) is 0.614. The second-order valence-electron chi connectivity index (χ2n) is 4.78.